The molecule has 31 heavy (non-hydrogen) atoms. The molecule has 7 nitrogen and oxygen atoms in total. The smallest absolute Gasteiger partial charge is 0.221 e. The largest absolute Gasteiger partial charge is 0.489 e. The van der Waals surface area contributed by atoms with E-state index in [0.717, 1.165) is 11.1 Å². The first-order chi connectivity index (χ1) is 14.9. The molecular formula is C23H26N2O5S. The number of rotatable bonds is 8. The topological polar surface area (TPSA) is 72.2 Å². The number of ether oxygens (including phenoxy) is 1. The molecule has 1 saturated heterocycles. The fraction of sp³-hybridized carbons (Fsp3) is 0.304. The van der Waals surface area contributed by atoms with Crippen molar-refractivity contribution < 1.29 is 22.4 Å². The molecule has 1 aliphatic rings. The van der Waals surface area contributed by atoms with Gasteiger partial charge in [-0.15, -0.1) is 0 Å². The second kappa shape index (κ2) is 9.23. The predicted octanol–water partition coefficient (Wildman–Crippen LogP) is 3.61. The van der Waals surface area contributed by atoms with Crippen LogP contribution < -0.4 is 4.74 Å². The van der Waals surface area contributed by atoms with Crippen molar-refractivity contribution in [1.82, 2.24) is 9.37 Å². The second-order valence-electron chi connectivity index (χ2n) is 7.55. The molecule has 0 radical (unpaired) electrons. The third-order valence-electron chi connectivity index (χ3n) is 5.41. The lowest BCUT2D eigenvalue weighted by molar-refractivity contribution is -0.110. The lowest BCUT2D eigenvalue weighted by atomic mass is 10.0. The van der Waals surface area contributed by atoms with Gasteiger partial charge in [-0.2, -0.15) is 9.37 Å². The molecule has 8 heteroatoms. The van der Waals surface area contributed by atoms with Crippen LogP contribution in [-0.4, -0.2) is 43.7 Å². The maximum absolute atomic E-state index is 13.3. The van der Waals surface area contributed by atoms with E-state index < -0.39 is 21.3 Å². The van der Waals surface area contributed by atoms with Gasteiger partial charge in [-0.3, -0.25) is 4.84 Å². The predicted molar refractivity (Wildman–Crippen MR) is 117 cm³/mol. The molecule has 2 aromatic carbocycles. The summed E-state index contributed by atoms with van der Waals surface area (Å²) in [5, 5.41) is 0.862. The Kier molecular flexibility index (Phi) is 6.43. The van der Waals surface area contributed by atoms with Crippen LogP contribution in [0.15, 0.2) is 77.4 Å². The van der Waals surface area contributed by atoms with Crippen LogP contribution in [0.25, 0.3) is 0 Å². The molecule has 164 valence electrons. The van der Waals surface area contributed by atoms with Crippen LogP contribution in [0.3, 0.4) is 0 Å². The fourth-order valence-electron chi connectivity index (χ4n) is 3.74. The summed E-state index contributed by atoms with van der Waals surface area (Å²) in [6.07, 6.45) is 1.53. The van der Waals surface area contributed by atoms with Gasteiger partial charge in [0.1, 0.15) is 23.4 Å². The van der Waals surface area contributed by atoms with Crippen LogP contribution in [0.4, 0.5) is 0 Å². The van der Waals surface area contributed by atoms with Gasteiger partial charge in [0, 0.05) is 14.1 Å². The van der Waals surface area contributed by atoms with Crippen molar-refractivity contribution >= 4 is 10.0 Å². The summed E-state index contributed by atoms with van der Waals surface area (Å²) < 4.78 is 39.2. The standard InChI is InChI=1S/C23H26N2O5S/c1-24(15-21-12-7-13-28-21)31(26,27)22-17-30-25(2)23(22)19-10-6-11-20(14-19)29-16-18-8-4-3-5-9-18/h3-14,22-23H,15-17H2,1-2H3/t22-,23-/m1/s1. The first-order valence-electron chi connectivity index (χ1n) is 10.0. The molecule has 2 heterocycles. The van der Waals surface area contributed by atoms with E-state index in [1.807, 2.05) is 54.6 Å². The Morgan fingerprint density at radius 1 is 1.10 bits per heavy atom. The Bertz CT molecular complexity index is 1090. The third kappa shape index (κ3) is 4.83. The van der Waals surface area contributed by atoms with Crippen molar-refractivity contribution in [3.05, 3.63) is 89.9 Å². The average Bonchev–Trinajstić information content (AvgIpc) is 3.43. The molecule has 0 spiro atoms. The Hall–Kier alpha value is -2.65. The molecule has 0 amide bonds. The van der Waals surface area contributed by atoms with Gasteiger partial charge in [-0.25, -0.2) is 8.42 Å². The van der Waals surface area contributed by atoms with Crippen molar-refractivity contribution in [3.63, 3.8) is 0 Å². The van der Waals surface area contributed by atoms with Crippen molar-refractivity contribution in [1.29, 1.82) is 0 Å². The summed E-state index contributed by atoms with van der Waals surface area (Å²) in [6.45, 7) is 0.693. The number of hydrogen-bond acceptors (Lipinski definition) is 6. The minimum atomic E-state index is -3.65. The minimum Gasteiger partial charge on any atom is -0.489 e. The van der Waals surface area contributed by atoms with Gasteiger partial charge in [-0.05, 0) is 35.4 Å². The lowest BCUT2D eigenvalue weighted by Crippen LogP contribution is -2.40. The van der Waals surface area contributed by atoms with Crippen LogP contribution in [-0.2, 0) is 28.0 Å². The molecule has 3 aromatic rings. The lowest BCUT2D eigenvalue weighted by Gasteiger charge is -2.26. The molecule has 2 atom stereocenters. The van der Waals surface area contributed by atoms with E-state index in [1.54, 1.807) is 31.3 Å². The van der Waals surface area contributed by atoms with Gasteiger partial charge in [0.2, 0.25) is 10.0 Å². The highest BCUT2D eigenvalue weighted by Crippen LogP contribution is 2.36. The van der Waals surface area contributed by atoms with E-state index in [2.05, 4.69) is 0 Å². The van der Waals surface area contributed by atoms with E-state index in [0.29, 0.717) is 18.1 Å². The maximum Gasteiger partial charge on any atom is 0.221 e. The first kappa shape index (κ1) is 21.6. The molecule has 0 saturated carbocycles. The molecule has 1 aromatic heterocycles. The second-order valence-corrected chi connectivity index (χ2v) is 9.81. The zero-order valence-corrected chi connectivity index (χ0v) is 18.4. The first-order valence-corrected chi connectivity index (χ1v) is 11.6. The van der Waals surface area contributed by atoms with E-state index in [-0.39, 0.29) is 13.2 Å². The molecule has 4 rings (SSSR count). The zero-order chi connectivity index (χ0) is 21.8. The highest BCUT2D eigenvalue weighted by atomic mass is 32.2. The monoisotopic (exact) mass is 442 g/mol. The highest BCUT2D eigenvalue weighted by molar-refractivity contribution is 7.89. The molecule has 0 N–H and O–H groups in total. The number of sulfonamides is 1. The molecular weight excluding hydrogens is 416 g/mol. The SMILES string of the molecule is CN1OC[C@@H](S(=O)(=O)N(C)Cc2ccco2)[C@H]1c1cccc(OCc2ccccc2)c1. The average molecular weight is 443 g/mol. The van der Waals surface area contributed by atoms with Crippen LogP contribution in [0.2, 0.25) is 0 Å². The molecule has 0 unspecified atom stereocenters. The Morgan fingerprint density at radius 3 is 2.65 bits per heavy atom. The summed E-state index contributed by atoms with van der Waals surface area (Å²) in [5.41, 5.74) is 1.89. The van der Waals surface area contributed by atoms with Gasteiger partial charge >= 0.3 is 0 Å². The highest BCUT2D eigenvalue weighted by Gasteiger charge is 2.45. The van der Waals surface area contributed by atoms with Crippen LogP contribution in [0.1, 0.15) is 22.9 Å². The zero-order valence-electron chi connectivity index (χ0n) is 17.5. The van der Waals surface area contributed by atoms with Gasteiger partial charge in [-0.1, -0.05) is 42.5 Å². The normalized spacial score (nSPS) is 19.7. The van der Waals surface area contributed by atoms with Crippen molar-refractivity contribution in [2.75, 3.05) is 20.7 Å². The van der Waals surface area contributed by atoms with Crippen molar-refractivity contribution in [2.45, 2.75) is 24.4 Å². The Morgan fingerprint density at radius 2 is 1.90 bits per heavy atom. The summed E-state index contributed by atoms with van der Waals surface area (Å²) in [7, 11) is -0.331. The van der Waals surface area contributed by atoms with Crippen molar-refractivity contribution in [3.8, 4) is 5.75 Å². The quantitative estimate of drug-likeness (QED) is 0.531. The summed E-state index contributed by atoms with van der Waals surface area (Å²) >= 11 is 0. The van der Waals surface area contributed by atoms with Crippen LogP contribution in [0, 0.1) is 0 Å². The Labute approximate surface area is 182 Å². The van der Waals surface area contributed by atoms with E-state index >= 15 is 0 Å². The number of benzene rings is 2. The van der Waals surface area contributed by atoms with Crippen LogP contribution >= 0.6 is 0 Å². The van der Waals surface area contributed by atoms with E-state index in [9.17, 15) is 8.42 Å². The molecule has 0 aliphatic carbocycles. The molecule has 1 aliphatic heterocycles. The third-order valence-corrected chi connectivity index (χ3v) is 7.57. The maximum atomic E-state index is 13.3. The number of hydroxylamine groups is 2. The molecule has 0 bridgehead atoms. The number of hydrogen-bond donors (Lipinski definition) is 0. The Balaban J connectivity index is 1.53. The van der Waals surface area contributed by atoms with Crippen molar-refractivity contribution in [2.24, 2.45) is 0 Å². The van der Waals surface area contributed by atoms with E-state index in [4.69, 9.17) is 14.0 Å². The summed E-state index contributed by atoms with van der Waals surface area (Å²) in [4.78, 5) is 5.64. The van der Waals surface area contributed by atoms with E-state index in [1.165, 1.54) is 10.6 Å². The van der Waals surface area contributed by atoms with Gasteiger partial charge in [0.15, 0.2) is 0 Å². The van der Waals surface area contributed by atoms with Gasteiger partial charge in [0.05, 0.1) is 25.5 Å². The number of furan rings is 1. The van der Waals surface area contributed by atoms with Gasteiger partial charge in [0.25, 0.3) is 0 Å². The summed E-state index contributed by atoms with van der Waals surface area (Å²) in [6, 6.07) is 20.5. The van der Waals surface area contributed by atoms with Gasteiger partial charge < -0.3 is 9.15 Å². The minimum absolute atomic E-state index is 0.0844. The summed E-state index contributed by atoms with van der Waals surface area (Å²) in [5.74, 6) is 1.27. The van der Waals surface area contributed by atoms with Crippen LogP contribution in [0.5, 0.6) is 5.75 Å². The molecule has 1 fully saturated rings. The fourth-order valence-corrected chi connectivity index (χ4v) is 5.40. The number of nitrogens with zero attached hydrogens (tertiary/aromatic N) is 2.